The fraction of sp³-hybridized carbons (Fsp3) is 0.600. The molecule has 4 heteroatoms. The number of methoxy groups -OCH3 is 2. The zero-order valence-corrected chi connectivity index (χ0v) is 11.5. The summed E-state index contributed by atoms with van der Waals surface area (Å²) in [6.07, 6.45) is 2.21. The van der Waals surface area contributed by atoms with Crippen LogP contribution in [0.1, 0.15) is 30.7 Å². The lowest BCUT2D eigenvalue weighted by Crippen LogP contribution is -2.32. The van der Waals surface area contributed by atoms with Crippen LogP contribution in [-0.2, 0) is 9.47 Å². The lowest BCUT2D eigenvalue weighted by molar-refractivity contribution is -0.0998. The van der Waals surface area contributed by atoms with Gasteiger partial charge in [0.05, 0.1) is 19.3 Å². The molecule has 1 aliphatic carbocycles. The van der Waals surface area contributed by atoms with Crippen LogP contribution in [0.3, 0.4) is 0 Å². The number of ether oxygens (including phenoxy) is 3. The first-order chi connectivity index (χ1) is 9.24. The van der Waals surface area contributed by atoms with Crippen LogP contribution >= 0.6 is 0 Å². The Labute approximate surface area is 114 Å². The predicted molar refractivity (Wildman–Crippen MR) is 72.3 cm³/mol. The summed E-state index contributed by atoms with van der Waals surface area (Å²) in [5, 5.41) is 9.89. The minimum absolute atomic E-state index is 0.0930. The second-order valence-corrected chi connectivity index (χ2v) is 4.96. The number of benzene rings is 1. The molecule has 0 heterocycles. The average molecular weight is 266 g/mol. The number of aliphatic hydroxyl groups excluding tert-OH is 1. The molecule has 0 spiro atoms. The molecule has 0 bridgehead atoms. The zero-order valence-electron chi connectivity index (χ0n) is 11.5. The van der Waals surface area contributed by atoms with Crippen molar-refractivity contribution < 1.29 is 19.3 Å². The molecule has 1 saturated carbocycles. The molecule has 0 radical (unpaired) electrons. The first-order valence-electron chi connectivity index (χ1n) is 6.67. The molecular weight excluding hydrogens is 244 g/mol. The predicted octanol–water partition coefficient (Wildman–Crippen LogP) is 2.31. The van der Waals surface area contributed by atoms with Crippen molar-refractivity contribution in [1.82, 2.24) is 0 Å². The Kier molecular flexibility index (Phi) is 5.19. The van der Waals surface area contributed by atoms with Crippen molar-refractivity contribution in [2.24, 2.45) is 0 Å². The van der Waals surface area contributed by atoms with E-state index in [1.807, 2.05) is 18.2 Å². The van der Waals surface area contributed by atoms with Crippen LogP contribution in [0.5, 0.6) is 5.75 Å². The third-order valence-corrected chi connectivity index (χ3v) is 3.68. The number of rotatable bonds is 5. The fourth-order valence-corrected chi connectivity index (χ4v) is 2.70. The molecule has 0 amide bonds. The summed E-state index contributed by atoms with van der Waals surface area (Å²) in [7, 11) is 3.28. The normalized spacial score (nSPS) is 27.2. The molecule has 1 fully saturated rings. The van der Waals surface area contributed by atoms with E-state index in [0.717, 1.165) is 30.6 Å². The van der Waals surface area contributed by atoms with E-state index in [9.17, 15) is 5.11 Å². The minimum atomic E-state index is -0.251. The molecule has 0 aliphatic heterocycles. The molecule has 1 aromatic rings. The maximum absolute atomic E-state index is 9.89. The van der Waals surface area contributed by atoms with E-state index in [4.69, 9.17) is 14.2 Å². The van der Waals surface area contributed by atoms with Gasteiger partial charge in [-0.1, -0.05) is 12.1 Å². The summed E-state index contributed by atoms with van der Waals surface area (Å²) >= 11 is 0. The van der Waals surface area contributed by atoms with Gasteiger partial charge in [0, 0.05) is 13.0 Å². The monoisotopic (exact) mass is 266 g/mol. The Morgan fingerprint density at radius 3 is 2.84 bits per heavy atom. The van der Waals surface area contributed by atoms with Crippen molar-refractivity contribution in [2.75, 3.05) is 21.0 Å². The van der Waals surface area contributed by atoms with Crippen LogP contribution in [-0.4, -0.2) is 38.3 Å². The SMILES string of the molecule is COCO[C@@H]1CC[C@H](O)C[C@H]1c1cccc(OC)c1. The molecule has 4 nitrogen and oxygen atoms in total. The van der Waals surface area contributed by atoms with Gasteiger partial charge in [0.2, 0.25) is 0 Å². The van der Waals surface area contributed by atoms with Crippen molar-refractivity contribution in [2.45, 2.75) is 37.4 Å². The van der Waals surface area contributed by atoms with E-state index < -0.39 is 0 Å². The molecule has 0 unspecified atom stereocenters. The van der Waals surface area contributed by atoms with Crippen molar-refractivity contribution in [3.05, 3.63) is 29.8 Å². The Morgan fingerprint density at radius 2 is 2.11 bits per heavy atom. The molecule has 2 rings (SSSR count). The van der Waals surface area contributed by atoms with Crippen LogP contribution in [0.15, 0.2) is 24.3 Å². The topological polar surface area (TPSA) is 47.9 Å². The first-order valence-corrected chi connectivity index (χ1v) is 6.67. The van der Waals surface area contributed by atoms with Gasteiger partial charge in [0.25, 0.3) is 0 Å². The van der Waals surface area contributed by atoms with E-state index in [1.54, 1.807) is 14.2 Å². The Balaban J connectivity index is 2.15. The molecule has 0 aromatic heterocycles. The van der Waals surface area contributed by atoms with Crippen molar-refractivity contribution >= 4 is 0 Å². The molecule has 1 N–H and O–H groups in total. The van der Waals surface area contributed by atoms with E-state index in [0.29, 0.717) is 6.79 Å². The summed E-state index contributed by atoms with van der Waals surface area (Å²) in [5.74, 6) is 1.03. The summed E-state index contributed by atoms with van der Waals surface area (Å²) in [6, 6.07) is 7.98. The smallest absolute Gasteiger partial charge is 0.146 e. The van der Waals surface area contributed by atoms with E-state index >= 15 is 0 Å². The van der Waals surface area contributed by atoms with E-state index in [1.165, 1.54) is 0 Å². The first kappa shape index (κ1) is 14.3. The van der Waals surface area contributed by atoms with Gasteiger partial charge in [-0.3, -0.25) is 0 Å². The van der Waals surface area contributed by atoms with Crippen LogP contribution in [0.2, 0.25) is 0 Å². The van der Waals surface area contributed by atoms with Gasteiger partial charge in [0.1, 0.15) is 12.5 Å². The van der Waals surface area contributed by atoms with Crippen LogP contribution < -0.4 is 4.74 Å². The highest BCUT2D eigenvalue weighted by atomic mass is 16.7. The van der Waals surface area contributed by atoms with Crippen molar-refractivity contribution in [3.8, 4) is 5.75 Å². The maximum atomic E-state index is 9.89. The Bertz CT molecular complexity index is 391. The third-order valence-electron chi connectivity index (χ3n) is 3.68. The summed E-state index contributed by atoms with van der Waals surface area (Å²) in [4.78, 5) is 0. The van der Waals surface area contributed by atoms with Crippen molar-refractivity contribution in [1.29, 1.82) is 0 Å². The van der Waals surface area contributed by atoms with E-state index in [2.05, 4.69) is 6.07 Å². The second kappa shape index (κ2) is 6.89. The highest BCUT2D eigenvalue weighted by molar-refractivity contribution is 5.32. The van der Waals surface area contributed by atoms with Crippen molar-refractivity contribution in [3.63, 3.8) is 0 Å². The summed E-state index contributed by atoms with van der Waals surface area (Å²) in [5.41, 5.74) is 1.15. The zero-order chi connectivity index (χ0) is 13.7. The van der Waals surface area contributed by atoms with Gasteiger partial charge in [-0.15, -0.1) is 0 Å². The summed E-state index contributed by atoms with van der Waals surface area (Å²) < 4.78 is 16.0. The molecule has 3 atom stereocenters. The van der Waals surface area contributed by atoms with Gasteiger partial charge < -0.3 is 19.3 Å². The Hall–Kier alpha value is -1.10. The Morgan fingerprint density at radius 1 is 1.26 bits per heavy atom. The molecular formula is C15H22O4. The number of aliphatic hydroxyl groups is 1. The largest absolute Gasteiger partial charge is 0.497 e. The lowest BCUT2D eigenvalue weighted by atomic mass is 9.80. The van der Waals surface area contributed by atoms with Crippen LogP contribution in [0.25, 0.3) is 0 Å². The fourth-order valence-electron chi connectivity index (χ4n) is 2.70. The van der Waals surface area contributed by atoms with Gasteiger partial charge in [-0.25, -0.2) is 0 Å². The quantitative estimate of drug-likeness (QED) is 0.831. The van der Waals surface area contributed by atoms with Gasteiger partial charge in [-0.05, 0) is 37.0 Å². The minimum Gasteiger partial charge on any atom is -0.497 e. The summed E-state index contributed by atoms with van der Waals surface area (Å²) in [6.45, 7) is 0.293. The molecule has 19 heavy (non-hydrogen) atoms. The van der Waals surface area contributed by atoms with E-state index in [-0.39, 0.29) is 18.1 Å². The third kappa shape index (κ3) is 3.69. The van der Waals surface area contributed by atoms with Gasteiger partial charge >= 0.3 is 0 Å². The average Bonchev–Trinajstić information content (AvgIpc) is 2.46. The molecule has 1 aromatic carbocycles. The highest BCUT2D eigenvalue weighted by Gasteiger charge is 2.31. The number of hydrogen-bond donors (Lipinski definition) is 1. The maximum Gasteiger partial charge on any atom is 0.146 e. The van der Waals surface area contributed by atoms with Gasteiger partial charge in [-0.2, -0.15) is 0 Å². The van der Waals surface area contributed by atoms with Crippen LogP contribution in [0, 0.1) is 0 Å². The highest BCUT2D eigenvalue weighted by Crippen LogP contribution is 2.36. The molecule has 1 aliphatic rings. The molecule has 106 valence electrons. The standard InChI is InChI=1S/C15H22O4/c1-17-10-19-15-7-6-12(16)9-14(15)11-4-3-5-13(8-11)18-2/h3-5,8,12,14-16H,6-7,9-10H2,1-2H3/t12-,14-,15+/m0/s1. The van der Waals surface area contributed by atoms with Gasteiger partial charge in [0.15, 0.2) is 0 Å². The van der Waals surface area contributed by atoms with Crippen LogP contribution in [0.4, 0.5) is 0 Å². The number of hydrogen-bond acceptors (Lipinski definition) is 4. The second-order valence-electron chi connectivity index (χ2n) is 4.96. The molecule has 0 saturated heterocycles. The lowest BCUT2D eigenvalue weighted by Gasteiger charge is -2.34.